The summed E-state index contributed by atoms with van der Waals surface area (Å²) in [6.07, 6.45) is 4.84. The minimum absolute atomic E-state index is 0.0102. The van der Waals surface area contributed by atoms with E-state index >= 15 is 0 Å². The van der Waals surface area contributed by atoms with Crippen LogP contribution >= 0.6 is 11.6 Å². The molecule has 2 aromatic heterocycles. The summed E-state index contributed by atoms with van der Waals surface area (Å²) in [7, 11) is 1.94. The molecule has 2 rings (SSSR count). The van der Waals surface area contributed by atoms with Gasteiger partial charge in [-0.1, -0.05) is 18.5 Å². The molecule has 0 radical (unpaired) electrons. The van der Waals surface area contributed by atoms with Crippen LogP contribution in [0, 0.1) is 6.92 Å². The van der Waals surface area contributed by atoms with Gasteiger partial charge < -0.3 is 5.32 Å². The van der Waals surface area contributed by atoms with Crippen molar-refractivity contribution in [2.75, 3.05) is 6.54 Å². The van der Waals surface area contributed by atoms with Crippen molar-refractivity contribution < 1.29 is 0 Å². The molecular formula is C15H24ClN5. The molecule has 0 aliphatic heterocycles. The van der Waals surface area contributed by atoms with Gasteiger partial charge in [0.25, 0.3) is 0 Å². The van der Waals surface area contributed by atoms with Crippen molar-refractivity contribution in [1.29, 1.82) is 0 Å². The van der Waals surface area contributed by atoms with Crippen LogP contribution < -0.4 is 5.32 Å². The van der Waals surface area contributed by atoms with Gasteiger partial charge in [0.05, 0.1) is 28.6 Å². The Morgan fingerprint density at radius 3 is 2.62 bits per heavy atom. The number of hydrogen-bond acceptors (Lipinski definition) is 3. The molecule has 6 heteroatoms. The molecule has 1 atom stereocenters. The van der Waals surface area contributed by atoms with E-state index in [1.54, 1.807) is 6.20 Å². The summed E-state index contributed by atoms with van der Waals surface area (Å²) in [5.41, 5.74) is 3.17. The summed E-state index contributed by atoms with van der Waals surface area (Å²) >= 11 is 6.42. The van der Waals surface area contributed by atoms with E-state index in [1.807, 2.05) is 23.3 Å². The second-order valence-electron chi connectivity index (χ2n) is 5.65. The van der Waals surface area contributed by atoms with Gasteiger partial charge in [0.1, 0.15) is 0 Å². The monoisotopic (exact) mass is 309 g/mol. The van der Waals surface area contributed by atoms with Crippen LogP contribution in [0.1, 0.15) is 56.2 Å². The van der Waals surface area contributed by atoms with Crippen LogP contribution in [0.5, 0.6) is 0 Å². The minimum Gasteiger partial charge on any atom is -0.305 e. The van der Waals surface area contributed by atoms with Gasteiger partial charge in [-0.05, 0) is 33.7 Å². The van der Waals surface area contributed by atoms with E-state index in [0.29, 0.717) is 5.02 Å². The van der Waals surface area contributed by atoms with Crippen molar-refractivity contribution in [1.82, 2.24) is 24.9 Å². The average molecular weight is 310 g/mol. The number of halogens is 1. The molecule has 21 heavy (non-hydrogen) atoms. The first-order chi connectivity index (χ1) is 9.95. The number of rotatable bonds is 6. The third-order valence-corrected chi connectivity index (χ3v) is 3.80. The molecule has 1 unspecified atom stereocenters. The topological polar surface area (TPSA) is 47.7 Å². The Kier molecular flexibility index (Phi) is 5.06. The summed E-state index contributed by atoms with van der Waals surface area (Å²) in [6, 6.07) is 0.270. The molecule has 0 aromatic carbocycles. The lowest BCUT2D eigenvalue weighted by Gasteiger charge is -2.22. The molecular weight excluding hydrogens is 286 g/mol. The summed E-state index contributed by atoms with van der Waals surface area (Å²) in [6.45, 7) is 9.32. The average Bonchev–Trinajstić information content (AvgIpc) is 2.94. The van der Waals surface area contributed by atoms with Crippen LogP contribution in [0.4, 0.5) is 0 Å². The van der Waals surface area contributed by atoms with Gasteiger partial charge in [-0.3, -0.25) is 9.36 Å². The smallest absolute Gasteiger partial charge is 0.0837 e. The molecule has 0 saturated heterocycles. The predicted octanol–water partition coefficient (Wildman–Crippen LogP) is 3.25. The van der Waals surface area contributed by atoms with Crippen LogP contribution in [0.25, 0.3) is 0 Å². The number of hydrogen-bond donors (Lipinski definition) is 1. The van der Waals surface area contributed by atoms with Crippen LogP contribution in [0.15, 0.2) is 12.4 Å². The first-order valence-corrected chi connectivity index (χ1v) is 7.79. The van der Waals surface area contributed by atoms with Crippen LogP contribution in [0.2, 0.25) is 5.02 Å². The second kappa shape index (κ2) is 6.62. The van der Waals surface area contributed by atoms with E-state index in [1.165, 1.54) is 0 Å². The number of aryl methyl sites for hydroxylation is 2. The molecule has 2 heterocycles. The zero-order valence-electron chi connectivity index (χ0n) is 13.4. The molecule has 5 nitrogen and oxygen atoms in total. The van der Waals surface area contributed by atoms with Gasteiger partial charge in [0.2, 0.25) is 0 Å². The van der Waals surface area contributed by atoms with Crippen molar-refractivity contribution in [3.63, 3.8) is 0 Å². The van der Waals surface area contributed by atoms with Gasteiger partial charge in [0, 0.05) is 24.8 Å². The molecule has 0 aliphatic carbocycles. The summed E-state index contributed by atoms with van der Waals surface area (Å²) in [4.78, 5) is 0. The third kappa shape index (κ3) is 3.30. The highest BCUT2D eigenvalue weighted by Gasteiger charge is 2.25. The zero-order chi connectivity index (χ0) is 15.6. The fourth-order valence-corrected chi connectivity index (χ4v) is 2.82. The van der Waals surface area contributed by atoms with Crippen molar-refractivity contribution in [2.45, 2.75) is 46.2 Å². The van der Waals surface area contributed by atoms with Crippen LogP contribution in [-0.4, -0.2) is 26.1 Å². The minimum atomic E-state index is 0.0102. The second-order valence-corrected chi connectivity index (χ2v) is 6.05. The van der Waals surface area contributed by atoms with Gasteiger partial charge in [-0.25, -0.2) is 0 Å². The molecule has 0 bridgehead atoms. The highest BCUT2D eigenvalue weighted by atomic mass is 35.5. The summed E-state index contributed by atoms with van der Waals surface area (Å²) in [5.74, 6) is 0. The largest absolute Gasteiger partial charge is 0.305 e. The van der Waals surface area contributed by atoms with Gasteiger partial charge in [-0.15, -0.1) is 0 Å². The highest BCUT2D eigenvalue weighted by Crippen LogP contribution is 2.31. The molecule has 2 aromatic rings. The van der Waals surface area contributed by atoms with Gasteiger partial charge >= 0.3 is 0 Å². The SMILES string of the molecule is CCCNC(c1cn(C)nc1C)c1c(Cl)cnn1C(C)C. The molecule has 0 fully saturated rings. The number of nitrogens with one attached hydrogen (secondary N) is 1. The summed E-state index contributed by atoms with van der Waals surface area (Å²) < 4.78 is 3.83. The Labute approximate surface area is 131 Å². The lowest BCUT2D eigenvalue weighted by Crippen LogP contribution is -2.27. The van der Waals surface area contributed by atoms with Crippen molar-refractivity contribution in [3.05, 3.63) is 34.4 Å². The Morgan fingerprint density at radius 2 is 2.10 bits per heavy atom. The van der Waals surface area contributed by atoms with Crippen LogP contribution in [0.3, 0.4) is 0 Å². The van der Waals surface area contributed by atoms with Crippen molar-refractivity contribution >= 4 is 11.6 Å². The molecule has 1 N–H and O–H groups in total. The fraction of sp³-hybridized carbons (Fsp3) is 0.600. The van der Waals surface area contributed by atoms with E-state index in [4.69, 9.17) is 11.6 Å². The summed E-state index contributed by atoms with van der Waals surface area (Å²) in [5, 5.41) is 13.2. The van der Waals surface area contributed by atoms with E-state index in [-0.39, 0.29) is 12.1 Å². The lowest BCUT2D eigenvalue weighted by atomic mass is 10.0. The van der Waals surface area contributed by atoms with E-state index < -0.39 is 0 Å². The molecule has 0 saturated carbocycles. The van der Waals surface area contributed by atoms with Gasteiger partial charge in [0.15, 0.2) is 0 Å². The quantitative estimate of drug-likeness (QED) is 0.891. The van der Waals surface area contributed by atoms with Crippen molar-refractivity contribution in [3.8, 4) is 0 Å². The van der Waals surface area contributed by atoms with E-state index in [9.17, 15) is 0 Å². The number of aromatic nitrogens is 4. The van der Waals surface area contributed by atoms with E-state index in [0.717, 1.165) is 29.9 Å². The standard InChI is InChI=1S/C15H24ClN5/c1-6-7-17-14(12-9-20(5)19-11(12)4)15-13(16)8-18-21(15)10(2)3/h8-10,14,17H,6-7H2,1-5H3. The Morgan fingerprint density at radius 1 is 1.38 bits per heavy atom. The zero-order valence-corrected chi connectivity index (χ0v) is 14.1. The van der Waals surface area contributed by atoms with Crippen LogP contribution in [-0.2, 0) is 7.05 Å². The normalized spacial score (nSPS) is 13.1. The van der Waals surface area contributed by atoms with Crippen molar-refractivity contribution in [2.24, 2.45) is 7.05 Å². The molecule has 0 aliphatic rings. The number of nitrogens with zero attached hydrogens (tertiary/aromatic N) is 4. The molecule has 116 valence electrons. The van der Waals surface area contributed by atoms with E-state index in [2.05, 4.69) is 42.5 Å². The first kappa shape index (κ1) is 16.0. The molecule has 0 amide bonds. The maximum atomic E-state index is 6.42. The Balaban J connectivity index is 2.50. The molecule has 0 spiro atoms. The lowest BCUT2D eigenvalue weighted by molar-refractivity contribution is 0.471. The predicted molar refractivity (Wildman–Crippen MR) is 85.7 cm³/mol. The Hall–Kier alpha value is -1.33. The highest BCUT2D eigenvalue weighted by molar-refractivity contribution is 6.31. The van der Waals surface area contributed by atoms with Gasteiger partial charge in [-0.2, -0.15) is 10.2 Å². The fourth-order valence-electron chi connectivity index (χ4n) is 2.58. The maximum Gasteiger partial charge on any atom is 0.0837 e. The first-order valence-electron chi connectivity index (χ1n) is 7.42. The third-order valence-electron chi connectivity index (χ3n) is 3.51. The maximum absolute atomic E-state index is 6.42. The Bertz CT molecular complexity index is 599.